The number of amides is 1. The molecule has 1 amide bonds. The fourth-order valence-corrected chi connectivity index (χ4v) is 2.15. The lowest BCUT2D eigenvalue weighted by atomic mass is 10.1. The van der Waals surface area contributed by atoms with Gasteiger partial charge in [0.1, 0.15) is 5.84 Å². The lowest BCUT2D eigenvalue weighted by molar-refractivity contribution is -0.120. The first-order valence-electron chi connectivity index (χ1n) is 6.76. The third-order valence-corrected chi connectivity index (χ3v) is 3.26. The van der Waals surface area contributed by atoms with Gasteiger partial charge in [-0.3, -0.25) is 10.2 Å². The van der Waals surface area contributed by atoms with Crippen molar-refractivity contribution in [2.45, 2.75) is 6.42 Å². The first-order chi connectivity index (χ1) is 11.0. The van der Waals surface area contributed by atoms with Gasteiger partial charge in [-0.15, -0.1) is 0 Å². The molecule has 0 fully saturated rings. The molecule has 2 aromatic carbocycles. The van der Waals surface area contributed by atoms with E-state index in [0.717, 1.165) is 5.56 Å². The lowest BCUT2D eigenvalue weighted by Crippen LogP contribution is -2.19. The fraction of sp³-hybridized carbons (Fsp3) is 0.0625. The first kappa shape index (κ1) is 16.5. The highest BCUT2D eigenvalue weighted by Gasteiger charge is 2.04. The molecule has 0 aliphatic rings. The molecular weight excluding hydrogens is 314 g/mol. The van der Waals surface area contributed by atoms with E-state index in [0.29, 0.717) is 21.8 Å². The van der Waals surface area contributed by atoms with Crippen molar-refractivity contribution in [1.82, 2.24) is 5.43 Å². The number of benzene rings is 2. The van der Waals surface area contributed by atoms with Crippen LogP contribution in [0.25, 0.3) is 0 Å². The maximum absolute atomic E-state index is 11.8. The second-order valence-corrected chi connectivity index (χ2v) is 5.30. The third-order valence-electron chi connectivity index (χ3n) is 3.02. The lowest BCUT2D eigenvalue weighted by Gasteiger charge is -2.04. The molecule has 0 aliphatic heterocycles. The zero-order chi connectivity index (χ0) is 16.8. The second-order valence-electron chi connectivity index (χ2n) is 4.86. The molecule has 0 spiro atoms. The number of nitrogens with two attached hydrogens (primary N) is 2. The maximum Gasteiger partial charge on any atom is 0.244 e. The molecule has 2 aromatic rings. The van der Waals surface area contributed by atoms with Crippen molar-refractivity contribution in [2.24, 2.45) is 10.8 Å². The zero-order valence-electron chi connectivity index (χ0n) is 12.2. The molecule has 0 unspecified atom stereocenters. The summed E-state index contributed by atoms with van der Waals surface area (Å²) in [5, 5.41) is 11.9. The van der Waals surface area contributed by atoms with Crippen LogP contribution in [0.2, 0.25) is 5.02 Å². The number of anilines is 1. The largest absolute Gasteiger partial charge is 0.398 e. The van der Waals surface area contributed by atoms with Crippen LogP contribution in [0.15, 0.2) is 47.6 Å². The van der Waals surface area contributed by atoms with Crippen molar-refractivity contribution in [2.75, 3.05) is 5.73 Å². The fourth-order valence-electron chi connectivity index (χ4n) is 1.94. The van der Waals surface area contributed by atoms with Gasteiger partial charge < -0.3 is 11.5 Å². The number of hydrazone groups is 1. The molecule has 0 atom stereocenters. The van der Waals surface area contributed by atoms with Crippen LogP contribution in [0, 0.1) is 5.41 Å². The molecule has 0 heterocycles. The molecular formula is C16H16ClN5O. The van der Waals surface area contributed by atoms with Gasteiger partial charge in [0.2, 0.25) is 5.91 Å². The molecule has 7 heteroatoms. The summed E-state index contributed by atoms with van der Waals surface area (Å²) >= 11 is 5.87. The minimum atomic E-state index is -0.259. The Morgan fingerprint density at radius 2 is 2.09 bits per heavy atom. The Bertz CT molecular complexity index is 773. The number of amidine groups is 1. The molecule has 0 radical (unpaired) electrons. The van der Waals surface area contributed by atoms with Crippen LogP contribution in [-0.2, 0) is 11.2 Å². The number of carbonyl (C=O) groups excluding carboxylic acids is 1. The van der Waals surface area contributed by atoms with Gasteiger partial charge in [-0.05, 0) is 35.4 Å². The number of hydrogen-bond donors (Lipinski definition) is 4. The van der Waals surface area contributed by atoms with Crippen LogP contribution in [0.3, 0.4) is 0 Å². The zero-order valence-corrected chi connectivity index (χ0v) is 13.0. The van der Waals surface area contributed by atoms with E-state index in [4.69, 9.17) is 28.5 Å². The second kappa shape index (κ2) is 7.42. The van der Waals surface area contributed by atoms with Crippen LogP contribution in [0.4, 0.5) is 5.69 Å². The minimum absolute atomic E-state index is 0.122. The highest BCUT2D eigenvalue weighted by Crippen LogP contribution is 2.12. The summed E-state index contributed by atoms with van der Waals surface area (Å²) in [7, 11) is 0. The van der Waals surface area contributed by atoms with Gasteiger partial charge >= 0.3 is 0 Å². The molecule has 6 N–H and O–H groups in total. The van der Waals surface area contributed by atoms with E-state index in [9.17, 15) is 4.79 Å². The highest BCUT2D eigenvalue weighted by atomic mass is 35.5. The molecule has 0 saturated heterocycles. The summed E-state index contributed by atoms with van der Waals surface area (Å²) in [6.45, 7) is 0. The summed E-state index contributed by atoms with van der Waals surface area (Å²) in [6, 6.07) is 12.0. The van der Waals surface area contributed by atoms with Gasteiger partial charge in [0.15, 0.2) is 0 Å². The van der Waals surface area contributed by atoms with Gasteiger partial charge in [-0.1, -0.05) is 29.8 Å². The van der Waals surface area contributed by atoms with Crippen LogP contribution in [0.5, 0.6) is 0 Å². The molecule has 0 bridgehead atoms. The van der Waals surface area contributed by atoms with E-state index < -0.39 is 0 Å². The van der Waals surface area contributed by atoms with Crippen LogP contribution >= 0.6 is 11.6 Å². The number of halogens is 1. The Kier molecular flexibility index (Phi) is 5.32. The van der Waals surface area contributed by atoms with E-state index in [1.54, 1.807) is 36.4 Å². The summed E-state index contributed by atoms with van der Waals surface area (Å²) in [5.74, 6) is -0.381. The number of hydrogen-bond acceptors (Lipinski definition) is 4. The Balaban J connectivity index is 1.97. The Morgan fingerprint density at radius 1 is 1.30 bits per heavy atom. The Labute approximate surface area is 138 Å². The summed E-state index contributed by atoms with van der Waals surface area (Å²) in [5.41, 5.74) is 15.9. The van der Waals surface area contributed by atoms with Gasteiger partial charge in [0.25, 0.3) is 0 Å². The summed E-state index contributed by atoms with van der Waals surface area (Å²) in [6.07, 6.45) is 1.64. The van der Waals surface area contributed by atoms with Crippen LogP contribution in [-0.4, -0.2) is 18.0 Å². The third kappa shape index (κ3) is 4.82. The Hall–Kier alpha value is -2.86. The monoisotopic (exact) mass is 329 g/mol. The number of carbonyl (C=O) groups is 1. The smallest absolute Gasteiger partial charge is 0.244 e. The maximum atomic E-state index is 11.8. The molecule has 23 heavy (non-hydrogen) atoms. The quantitative estimate of drug-likeness (QED) is 0.290. The van der Waals surface area contributed by atoms with E-state index in [2.05, 4.69) is 10.5 Å². The van der Waals surface area contributed by atoms with Crippen LogP contribution in [0.1, 0.15) is 16.7 Å². The van der Waals surface area contributed by atoms with Gasteiger partial charge in [0.05, 0.1) is 12.6 Å². The van der Waals surface area contributed by atoms with Crippen molar-refractivity contribution < 1.29 is 4.79 Å². The predicted molar refractivity (Wildman–Crippen MR) is 92.8 cm³/mol. The average molecular weight is 330 g/mol. The van der Waals surface area contributed by atoms with Gasteiger partial charge in [0, 0.05) is 16.3 Å². The van der Waals surface area contributed by atoms with Crippen molar-refractivity contribution in [3.05, 3.63) is 64.2 Å². The number of rotatable bonds is 5. The number of nitrogen functional groups attached to an aromatic ring is 2. The molecule has 0 saturated carbocycles. The van der Waals surface area contributed by atoms with E-state index in [-0.39, 0.29) is 18.2 Å². The van der Waals surface area contributed by atoms with Gasteiger partial charge in [-0.25, -0.2) is 5.43 Å². The molecule has 2 rings (SSSR count). The van der Waals surface area contributed by atoms with Crippen molar-refractivity contribution in [3.63, 3.8) is 0 Å². The Morgan fingerprint density at radius 3 is 2.78 bits per heavy atom. The molecule has 6 nitrogen and oxygen atoms in total. The average Bonchev–Trinajstić information content (AvgIpc) is 2.48. The number of nitrogens with one attached hydrogen (secondary N) is 2. The number of nitrogens with zero attached hydrogens (tertiary/aromatic N) is 1. The SMILES string of the molecule is N=C(N)c1cc(/C=N/NC(=O)Cc2cccc(Cl)c2)ccc1N. The normalized spacial score (nSPS) is 10.7. The van der Waals surface area contributed by atoms with Crippen molar-refractivity contribution in [1.29, 1.82) is 5.41 Å². The molecule has 118 valence electrons. The van der Waals surface area contributed by atoms with Crippen molar-refractivity contribution >= 4 is 35.2 Å². The van der Waals surface area contributed by atoms with E-state index >= 15 is 0 Å². The topological polar surface area (TPSA) is 117 Å². The van der Waals surface area contributed by atoms with Crippen molar-refractivity contribution in [3.8, 4) is 0 Å². The van der Waals surface area contributed by atoms with E-state index in [1.807, 2.05) is 6.07 Å². The van der Waals surface area contributed by atoms with E-state index in [1.165, 1.54) is 6.21 Å². The standard InChI is InChI=1S/C16H16ClN5O/c17-12-3-1-2-10(6-12)8-15(23)22-21-9-11-4-5-14(18)13(7-11)16(19)20/h1-7,9H,8,18H2,(H3,19,20)(H,22,23)/b21-9+. The highest BCUT2D eigenvalue weighted by molar-refractivity contribution is 6.30. The molecule has 0 aliphatic carbocycles. The molecule has 0 aromatic heterocycles. The van der Waals surface area contributed by atoms with Gasteiger partial charge in [-0.2, -0.15) is 5.10 Å². The van der Waals surface area contributed by atoms with Crippen LogP contribution < -0.4 is 16.9 Å². The first-order valence-corrected chi connectivity index (χ1v) is 7.14. The summed E-state index contributed by atoms with van der Waals surface area (Å²) in [4.78, 5) is 11.8. The predicted octanol–water partition coefficient (Wildman–Crippen LogP) is 1.90. The minimum Gasteiger partial charge on any atom is -0.398 e. The summed E-state index contributed by atoms with van der Waals surface area (Å²) < 4.78 is 0.